The quantitative estimate of drug-likeness (QED) is 0.293. The third kappa shape index (κ3) is 6.92. The van der Waals surface area contributed by atoms with Crippen molar-refractivity contribution in [3.8, 4) is 5.75 Å². The third-order valence-electron chi connectivity index (χ3n) is 10.6. The van der Waals surface area contributed by atoms with Crippen molar-refractivity contribution in [2.24, 2.45) is 22.7 Å². The van der Waals surface area contributed by atoms with Gasteiger partial charge in [0.1, 0.15) is 23.1 Å². The van der Waals surface area contributed by atoms with Gasteiger partial charge in [-0.1, -0.05) is 89.9 Å². The Morgan fingerprint density at radius 2 is 1.41 bits per heavy atom. The molecule has 1 heterocycles. The number of hydrogen-bond acceptors (Lipinski definition) is 5. The lowest BCUT2D eigenvalue weighted by Crippen LogP contribution is -2.52. The van der Waals surface area contributed by atoms with Gasteiger partial charge in [0, 0.05) is 59.2 Å². The van der Waals surface area contributed by atoms with Gasteiger partial charge in [0.25, 0.3) is 0 Å². The van der Waals surface area contributed by atoms with Crippen molar-refractivity contribution >= 4 is 29.0 Å². The summed E-state index contributed by atoms with van der Waals surface area (Å²) in [6.07, 6.45) is 7.01. The molecule has 46 heavy (non-hydrogen) atoms. The lowest BCUT2D eigenvalue weighted by molar-refractivity contribution is -0.140. The number of rotatable bonds is 6. The number of Topliss-reactive ketones (excluding diaryl/α,β-unsaturated/α-hetero) is 3. The molecule has 0 spiro atoms. The van der Waals surface area contributed by atoms with Crippen molar-refractivity contribution in [1.29, 1.82) is 0 Å². The highest BCUT2D eigenvalue weighted by atomic mass is 35.5. The summed E-state index contributed by atoms with van der Waals surface area (Å²) >= 11 is 6.04. The summed E-state index contributed by atoms with van der Waals surface area (Å²) in [7, 11) is 4.45. The molecule has 5 nitrogen and oxygen atoms in total. The largest absolute Gasteiger partial charge is 0.461 e. The van der Waals surface area contributed by atoms with E-state index in [2.05, 4.69) is 45.0 Å². The number of likely N-dealkylation sites (N-methyl/N-ethyl adjacent to an activating group) is 1. The highest BCUT2D eigenvalue weighted by Gasteiger charge is 2.51. The van der Waals surface area contributed by atoms with Crippen LogP contribution in [0.25, 0.3) is 0 Å². The topological polar surface area (TPSA) is 63.7 Å². The number of benzene rings is 2. The van der Waals surface area contributed by atoms with Crippen LogP contribution in [0.1, 0.15) is 110 Å². The lowest BCUT2D eigenvalue weighted by atomic mass is 9.58. The van der Waals surface area contributed by atoms with Crippen molar-refractivity contribution in [2.75, 3.05) is 14.1 Å². The number of fused-ring (bicyclic) bond motifs is 1. The lowest BCUT2D eigenvalue weighted by Gasteiger charge is -2.51. The second kappa shape index (κ2) is 13.0. The summed E-state index contributed by atoms with van der Waals surface area (Å²) in [5, 5.41) is 0.837. The second-order valence-corrected chi connectivity index (χ2v) is 16.9. The van der Waals surface area contributed by atoms with Gasteiger partial charge in [-0.3, -0.25) is 14.4 Å². The summed E-state index contributed by atoms with van der Waals surface area (Å²) in [4.78, 5) is 41.6. The highest BCUT2D eigenvalue weighted by Crippen LogP contribution is 2.53. The Balaban J connectivity index is 0.000000193. The maximum Gasteiger partial charge on any atom is 0.163 e. The zero-order valence-corrected chi connectivity index (χ0v) is 29.8. The number of halogens is 1. The monoisotopic (exact) mass is 645 g/mol. The van der Waals surface area contributed by atoms with Crippen LogP contribution in [-0.4, -0.2) is 42.4 Å². The molecule has 2 saturated carbocycles. The molecule has 2 aromatic rings. The van der Waals surface area contributed by atoms with Gasteiger partial charge < -0.3 is 9.64 Å². The molecule has 4 aliphatic rings. The predicted octanol–water partition coefficient (Wildman–Crippen LogP) is 9.12. The summed E-state index contributed by atoms with van der Waals surface area (Å²) in [5.74, 6) is 0.652. The van der Waals surface area contributed by atoms with Crippen molar-refractivity contribution in [1.82, 2.24) is 4.90 Å². The summed E-state index contributed by atoms with van der Waals surface area (Å²) in [5.41, 5.74) is 2.66. The molecule has 2 unspecified atom stereocenters. The minimum absolute atomic E-state index is 0.00573. The summed E-state index contributed by atoms with van der Waals surface area (Å²) in [6.45, 7) is 12.7. The molecule has 3 aliphatic carbocycles. The van der Waals surface area contributed by atoms with Crippen LogP contribution in [0.3, 0.4) is 0 Å². The van der Waals surface area contributed by atoms with Crippen LogP contribution in [0.2, 0.25) is 5.02 Å². The SMILES string of the molecule is CC(C)CC(N(C)C)C1(c2ccc(Cl)cc2)CCC1.CC1(C)CC(=O)C(C2C3=C(CC(C)(C)CC3=O)Oc3ccccc32)C(=O)C1. The average molecular weight is 646 g/mol. The Labute approximate surface area is 281 Å². The molecule has 6 heteroatoms. The van der Waals surface area contributed by atoms with E-state index in [4.69, 9.17) is 16.3 Å². The second-order valence-electron chi connectivity index (χ2n) is 16.4. The Hall–Kier alpha value is -2.76. The molecular weight excluding hydrogens is 594 g/mol. The van der Waals surface area contributed by atoms with E-state index >= 15 is 0 Å². The van der Waals surface area contributed by atoms with Crippen LogP contribution >= 0.6 is 11.6 Å². The van der Waals surface area contributed by atoms with Crippen LogP contribution in [0.15, 0.2) is 59.9 Å². The van der Waals surface area contributed by atoms with Gasteiger partial charge in [-0.05, 0) is 73.9 Å². The Morgan fingerprint density at radius 3 is 1.96 bits per heavy atom. The minimum Gasteiger partial charge on any atom is -0.461 e. The molecule has 6 rings (SSSR count). The molecule has 1 aliphatic heterocycles. The number of allylic oxidation sites excluding steroid dienone is 2. The highest BCUT2D eigenvalue weighted by molar-refractivity contribution is 6.30. The van der Waals surface area contributed by atoms with E-state index in [0.29, 0.717) is 54.2 Å². The zero-order chi connectivity index (χ0) is 33.6. The van der Waals surface area contributed by atoms with Crippen LogP contribution < -0.4 is 4.74 Å². The van der Waals surface area contributed by atoms with Crippen LogP contribution in [0.4, 0.5) is 0 Å². The number of carbonyl (C=O) groups excluding carboxylic acids is 3. The number of ether oxygens (including phenoxy) is 1. The van der Waals surface area contributed by atoms with E-state index in [1.807, 2.05) is 64.1 Å². The van der Waals surface area contributed by atoms with E-state index in [0.717, 1.165) is 16.5 Å². The first kappa shape index (κ1) is 34.6. The Bertz CT molecular complexity index is 1490. The molecule has 0 bridgehead atoms. The van der Waals surface area contributed by atoms with Crippen LogP contribution in [0, 0.1) is 22.7 Å². The van der Waals surface area contributed by atoms with Crippen molar-refractivity contribution in [3.63, 3.8) is 0 Å². The maximum atomic E-state index is 13.1. The molecule has 0 radical (unpaired) electrons. The maximum absolute atomic E-state index is 13.1. The number of nitrogens with zero attached hydrogens (tertiary/aromatic N) is 1. The smallest absolute Gasteiger partial charge is 0.163 e. The average Bonchev–Trinajstić information content (AvgIpc) is 2.91. The third-order valence-corrected chi connectivity index (χ3v) is 10.9. The molecule has 0 saturated heterocycles. The number of para-hydroxylation sites is 1. The predicted molar refractivity (Wildman–Crippen MR) is 185 cm³/mol. The van der Waals surface area contributed by atoms with E-state index in [1.165, 1.54) is 31.2 Å². The van der Waals surface area contributed by atoms with Gasteiger partial charge in [-0.25, -0.2) is 0 Å². The van der Waals surface area contributed by atoms with Gasteiger partial charge in [0.2, 0.25) is 0 Å². The molecular formula is C40H52ClNO4. The molecule has 0 amide bonds. The van der Waals surface area contributed by atoms with Gasteiger partial charge in [-0.2, -0.15) is 0 Å². The molecule has 2 atom stereocenters. The number of hydrogen-bond donors (Lipinski definition) is 0. The molecule has 248 valence electrons. The van der Waals surface area contributed by atoms with Crippen molar-refractivity contribution < 1.29 is 19.1 Å². The first-order chi connectivity index (χ1) is 21.5. The fourth-order valence-corrected chi connectivity index (χ4v) is 8.61. The van der Waals surface area contributed by atoms with Gasteiger partial charge >= 0.3 is 0 Å². The van der Waals surface area contributed by atoms with Crippen molar-refractivity contribution in [2.45, 2.75) is 110 Å². The molecule has 2 fully saturated rings. The standard InChI is InChI=1S/C23H26O4.C17H26ClN/c1-22(2)9-14(24)20(15(25)10-22)19-13-7-5-6-8-17(13)27-18-12-23(3,4)11-16(26)21(18)19;1-13(2)12-16(19(3)4)17(10-5-11-17)14-6-8-15(18)9-7-14/h5-8,19-20H,9-12H2,1-4H3;6-9,13,16H,5,10-12H2,1-4H3. The Kier molecular flexibility index (Phi) is 9.80. The first-order valence-corrected chi connectivity index (χ1v) is 17.4. The van der Waals surface area contributed by atoms with E-state index in [-0.39, 0.29) is 28.2 Å². The normalized spacial score (nSPS) is 24.0. The molecule has 2 aromatic carbocycles. The molecule has 0 aromatic heterocycles. The van der Waals surface area contributed by atoms with E-state index in [9.17, 15) is 14.4 Å². The fourth-order valence-electron chi connectivity index (χ4n) is 8.49. The zero-order valence-electron chi connectivity index (χ0n) is 29.0. The van der Waals surface area contributed by atoms with Gasteiger partial charge in [-0.15, -0.1) is 0 Å². The Morgan fingerprint density at radius 1 is 0.826 bits per heavy atom. The van der Waals surface area contributed by atoms with E-state index < -0.39 is 11.8 Å². The van der Waals surface area contributed by atoms with E-state index in [1.54, 1.807) is 0 Å². The summed E-state index contributed by atoms with van der Waals surface area (Å²) < 4.78 is 6.11. The molecule has 0 N–H and O–H groups in total. The van der Waals surface area contributed by atoms with Gasteiger partial charge in [0.05, 0.1) is 5.92 Å². The van der Waals surface area contributed by atoms with Crippen LogP contribution in [-0.2, 0) is 19.8 Å². The van der Waals surface area contributed by atoms with Gasteiger partial charge in [0.15, 0.2) is 5.78 Å². The summed E-state index contributed by atoms with van der Waals surface area (Å²) in [6, 6.07) is 16.7. The number of ketones is 3. The number of carbonyl (C=O) groups is 3. The van der Waals surface area contributed by atoms with Crippen LogP contribution in [0.5, 0.6) is 5.75 Å². The fraction of sp³-hybridized carbons (Fsp3) is 0.575. The first-order valence-electron chi connectivity index (χ1n) is 17.0. The minimum atomic E-state index is -0.779. The van der Waals surface area contributed by atoms with Crippen molar-refractivity contribution in [3.05, 3.63) is 76.0 Å².